The zero-order chi connectivity index (χ0) is 15.8. The Morgan fingerprint density at radius 2 is 1.67 bits per heavy atom. The topological polar surface area (TPSA) is 17.8 Å². The van der Waals surface area contributed by atoms with E-state index in [9.17, 15) is 26.3 Å². The van der Waals surface area contributed by atoms with Gasteiger partial charge in [-0.15, -0.1) is 0 Å². The van der Waals surface area contributed by atoms with Crippen LogP contribution in [-0.2, 0) is 17.7 Å². The van der Waals surface area contributed by atoms with Crippen LogP contribution in [0.25, 0.3) is 5.69 Å². The number of hydrogen-bond donors (Lipinski definition) is 0. The lowest BCUT2D eigenvalue weighted by molar-refractivity contribution is -0.141. The highest BCUT2D eigenvalue weighted by atomic mass is 79.9. The Kier molecular flexibility index (Phi) is 4.05. The van der Waals surface area contributed by atoms with Crippen LogP contribution in [0, 0.1) is 0 Å². The normalized spacial score (nSPS) is 12.7. The SMILES string of the molecule is FC(F)(F)c1ccn(-c2ccc(CBr)c(C(F)(F)F)c2)n1. The van der Waals surface area contributed by atoms with E-state index in [4.69, 9.17) is 0 Å². The highest BCUT2D eigenvalue weighted by Crippen LogP contribution is 2.34. The van der Waals surface area contributed by atoms with Crippen molar-refractivity contribution in [1.29, 1.82) is 0 Å². The minimum atomic E-state index is -4.64. The standard InChI is InChI=1S/C12H7BrF6N2/c13-6-7-1-2-8(5-9(7)11(14,15)16)21-4-3-10(20-21)12(17,18)19/h1-5H,6H2. The third-order valence-electron chi connectivity index (χ3n) is 2.69. The van der Waals surface area contributed by atoms with Crippen molar-refractivity contribution in [2.75, 3.05) is 0 Å². The van der Waals surface area contributed by atoms with Gasteiger partial charge in [0, 0.05) is 11.5 Å². The molecule has 0 aliphatic rings. The van der Waals surface area contributed by atoms with E-state index >= 15 is 0 Å². The Bertz CT molecular complexity index is 644. The molecule has 2 aromatic rings. The largest absolute Gasteiger partial charge is 0.435 e. The van der Waals surface area contributed by atoms with Crippen molar-refractivity contribution in [3.05, 3.63) is 47.3 Å². The van der Waals surface area contributed by atoms with E-state index in [0.717, 1.165) is 16.9 Å². The Morgan fingerprint density at radius 3 is 2.14 bits per heavy atom. The predicted octanol–water partition coefficient (Wildman–Crippen LogP) is 4.80. The molecule has 0 atom stereocenters. The van der Waals surface area contributed by atoms with E-state index in [1.807, 2.05) is 0 Å². The van der Waals surface area contributed by atoms with Crippen molar-refractivity contribution in [3.8, 4) is 5.69 Å². The maximum Gasteiger partial charge on any atom is 0.435 e. The van der Waals surface area contributed by atoms with Crippen LogP contribution < -0.4 is 0 Å². The maximum absolute atomic E-state index is 12.9. The van der Waals surface area contributed by atoms with Gasteiger partial charge in [0.25, 0.3) is 0 Å². The first-order valence-corrected chi connectivity index (χ1v) is 6.64. The summed E-state index contributed by atoms with van der Waals surface area (Å²) in [6.07, 6.45) is -8.28. The zero-order valence-electron chi connectivity index (χ0n) is 10.1. The highest BCUT2D eigenvalue weighted by Gasteiger charge is 2.35. The Hall–Kier alpha value is -1.51. The van der Waals surface area contributed by atoms with Gasteiger partial charge in [0.05, 0.1) is 11.3 Å². The number of halogens is 7. The van der Waals surface area contributed by atoms with Gasteiger partial charge in [0.15, 0.2) is 5.69 Å². The second-order valence-electron chi connectivity index (χ2n) is 4.12. The van der Waals surface area contributed by atoms with Crippen LogP contribution in [0.3, 0.4) is 0 Å². The average molecular weight is 373 g/mol. The quantitative estimate of drug-likeness (QED) is 0.546. The fourth-order valence-corrected chi connectivity index (χ4v) is 2.20. The van der Waals surface area contributed by atoms with Gasteiger partial charge in [-0.2, -0.15) is 31.4 Å². The van der Waals surface area contributed by atoms with Crippen LogP contribution in [0.4, 0.5) is 26.3 Å². The van der Waals surface area contributed by atoms with Crippen molar-refractivity contribution in [2.24, 2.45) is 0 Å². The molecule has 0 unspecified atom stereocenters. The molecule has 1 aromatic carbocycles. The van der Waals surface area contributed by atoms with Crippen molar-refractivity contribution < 1.29 is 26.3 Å². The van der Waals surface area contributed by atoms with Gasteiger partial charge in [0.1, 0.15) is 0 Å². The summed E-state index contributed by atoms with van der Waals surface area (Å²) in [6, 6.07) is 3.94. The summed E-state index contributed by atoms with van der Waals surface area (Å²) >= 11 is 2.94. The molecule has 0 saturated carbocycles. The fourth-order valence-electron chi connectivity index (χ4n) is 1.71. The number of rotatable bonds is 2. The Balaban J connectivity index is 2.48. The summed E-state index contributed by atoms with van der Waals surface area (Å²) in [5, 5.41) is 3.22. The van der Waals surface area contributed by atoms with Gasteiger partial charge in [-0.1, -0.05) is 22.0 Å². The van der Waals surface area contributed by atoms with Crippen LogP contribution in [0.1, 0.15) is 16.8 Å². The van der Waals surface area contributed by atoms with E-state index in [0.29, 0.717) is 6.07 Å². The molecule has 1 heterocycles. The molecule has 0 fully saturated rings. The lowest BCUT2D eigenvalue weighted by Crippen LogP contribution is -2.11. The van der Waals surface area contributed by atoms with Crippen molar-refractivity contribution >= 4 is 15.9 Å². The van der Waals surface area contributed by atoms with Crippen LogP contribution in [0.15, 0.2) is 30.5 Å². The highest BCUT2D eigenvalue weighted by molar-refractivity contribution is 9.08. The van der Waals surface area contributed by atoms with E-state index in [1.54, 1.807) is 0 Å². The molecule has 2 nitrogen and oxygen atoms in total. The van der Waals surface area contributed by atoms with Gasteiger partial charge in [-0.3, -0.25) is 0 Å². The molecule has 114 valence electrons. The molecular weight excluding hydrogens is 366 g/mol. The van der Waals surface area contributed by atoms with Gasteiger partial charge in [-0.05, 0) is 23.8 Å². The lowest BCUT2D eigenvalue weighted by atomic mass is 10.1. The van der Waals surface area contributed by atoms with Gasteiger partial charge in [0.2, 0.25) is 0 Å². The molecule has 0 saturated heterocycles. The molecule has 0 amide bonds. The summed E-state index contributed by atoms with van der Waals surface area (Å²) in [4.78, 5) is 0. The third kappa shape index (κ3) is 3.39. The van der Waals surface area contributed by atoms with E-state index in [-0.39, 0.29) is 16.6 Å². The molecule has 1 aromatic heterocycles. The maximum atomic E-state index is 12.9. The summed E-state index contributed by atoms with van der Waals surface area (Å²) in [6.45, 7) is 0. The molecule has 21 heavy (non-hydrogen) atoms. The molecule has 0 aliphatic carbocycles. The number of hydrogen-bond acceptors (Lipinski definition) is 1. The minimum absolute atomic E-state index is 0.00514. The molecule has 0 radical (unpaired) electrons. The van der Waals surface area contributed by atoms with Crippen molar-refractivity contribution in [2.45, 2.75) is 17.7 Å². The minimum Gasteiger partial charge on any atom is -0.240 e. The number of aromatic nitrogens is 2. The summed E-state index contributed by atoms with van der Waals surface area (Å²) in [5.74, 6) is 0. The van der Waals surface area contributed by atoms with E-state index in [2.05, 4.69) is 21.0 Å². The number of benzene rings is 1. The predicted molar refractivity (Wildman–Crippen MR) is 66.2 cm³/mol. The third-order valence-corrected chi connectivity index (χ3v) is 3.29. The zero-order valence-corrected chi connectivity index (χ0v) is 11.7. The molecular formula is C12H7BrF6N2. The summed E-state index contributed by atoms with van der Waals surface area (Å²) in [5.41, 5.74) is -2.18. The van der Waals surface area contributed by atoms with Crippen LogP contribution in [0.5, 0.6) is 0 Å². The van der Waals surface area contributed by atoms with Crippen LogP contribution >= 0.6 is 15.9 Å². The fraction of sp³-hybridized carbons (Fsp3) is 0.250. The summed E-state index contributed by atoms with van der Waals surface area (Å²) < 4.78 is 76.8. The molecule has 0 spiro atoms. The average Bonchev–Trinajstić information content (AvgIpc) is 2.86. The van der Waals surface area contributed by atoms with Gasteiger partial charge >= 0.3 is 12.4 Å². The van der Waals surface area contributed by atoms with Crippen molar-refractivity contribution in [3.63, 3.8) is 0 Å². The smallest absolute Gasteiger partial charge is 0.240 e. The van der Waals surface area contributed by atoms with E-state index < -0.39 is 23.6 Å². The molecule has 2 rings (SSSR count). The van der Waals surface area contributed by atoms with Gasteiger partial charge < -0.3 is 0 Å². The second-order valence-corrected chi connectivity index (χ2v) is 4.68. The Morgan fingerprint density at radius 1 is 1.00 bits per heavy atom. The molecule has 9 heteroatoms. The van der Waals surface area contributed by atoms with E-state index in [1.165, 1.54) is 12.1 Å². The first-order valence-electron chi connectivity index (χ1n) is 5.52. The van der Waals surface area contributed by atoms with Gasteiger partial charge in [-0.25, -0.2) is 4.68 Å². The first kappa shape index (κ1) is 15.9. The summed E-state index contributed by atoms with van der Waals surface area (Å²) in [7, 11) is 0. The molecule has 0 aliphatic heterocycles. The second kappa shape index (κ2) is 5.36. The first-order chi connectivity index (χ1) is 9.63. The Labute approximate surface area is 123 Å². The lowest BCUT2D eigenvalue weighted by Gasteiger charge is -2.13. The van der Waals surface area contributed by atoms with Crippen LogP contribution in [-0.4, -0.2) is 9.78 Å². The number of alkyl halides is 7. The van der Waals surface area contributed by atoms with Crippen LogP contribution in [0.2, 0.25) is 0 Å². The van der Waals surface area contributed by atoms with Crippen molar-refractivity contribution in [1.82, 2.24) is 9.78 Å². The monoisotopic (exact) mass is 372 g/mol. The number of nitrogens with zero attached hydrogens (tertiary/aromatic N) is 2. The molecule has 0 N–H and O–H groups in total. The molecule has 0 bridgehead atoms.